The third-order valence-corrected chi connectivity index (χ3v) is 7.86. The Morgan fingerprint density at radius 3 is 1.44 bits per heavy atom. The molecule has 0 saturated heterocycles. The third-order valence-electron chi connectivity index (χ3n) is 7.86. The molecule has 11 unspecified atom stereocenters. The first-order chi connectivity index (χ1) is 22.8. The van der Waals surface area contributed by atoms with E-state index in [9.17, 15) is 50.8 Å². The van der Waals surface area contributed by atoms with Crippen LogP contribution >= 0.6 is 0 Å². The van der Waals surface area contributed by atoms with Gasteiger partial charge in [0.25, 0.3) is 0 Å². The molecule has 0 spiro atoms. The lowest BCUT2D eigenvalue weighted by atomic mass is 9.90. The van der Waals surface area contributed by atoms with Crippen LogP contribution in [0.15, 0.2) is 85.1 Å². The molecule has 0 radical (unpaired) electrons. The smallest absolute Gasteiger partial charge is 0.330 e. The van der Waals surface area contributed by atoms with E-state index in [0.29, 0.717) is 0 Å². The van der Waals surface area contributed by atoms with Crippen LogP contribution < -0.4 is 0 Å². The van der Waals surface area contributed by atoms with Crippen LogP contribution in [0.3, 0.4) is 0 Å². The van der Waals surface area contributed by atoms with E-state index < -0.39 is 66.8 Å². The topological polar surface area (TPSA) is 208 Å². The van der Waals surface area contributed by atoms with Crippen LogP contribution in [0.25, 0.3) is 0 Å². The summed E-state index contributed by atoms with van der Waals surface area (Å²) in [7, 11) is 0. The lowest BCUT2D eigenvalue weighted by Crippen LogP contribution is -2.34. The Kier molecular flexibility index (Phi) is 22.8. The highest BCUT2D eigenvalue weighted by Gasteiger charge is 2.26. The van der Waals surface area contributed by atoms with E-state index >= 15 is 0 Å². The van der Waals surface area contributed by atoms with Gasteiger partial charge in [0, 0.05) is 24.3 Å². The molecule has 11 atom stereocenters. The lowest BCUT2D eigenvalue weighted by molar-refractivity contribution is -0.138. The first kappa shape index (κ1) is 43.3. The van der Waals surface area contributed by atoms with Crippen LogP contribution in [0, 0.1) is 11.8 Å². The maximum Gasteiger partial charge on any atom is 0.330 e. The van der Waals surface area contributed by atoms with Crippen molar-refractivity contribution in [3.8, 4) is 0 Å². The highest BCUT2D eigenvalue weighted by molar-refractivity contribution is 5.82. The van der Waals surface area contributed by atoms with Gasteiger partial charge < -0.3 is 50.7 Å². The largest absolute Gasteiger partial charge is 0.462 e. The predicted octanol–water partition coefficient (Wildman–Crippen LogP) is 2.08. The number of hydrogen-bond donors (Lipinski definition) is 9. The van der Waals surface area contributed by atoms with Crippen molar-refractivity contribution in [2.45, 2.75) is 120 Å². The van der Waals surface area contributed by atoms with E-state index in [1.54, 1.807) is 62.5 Å². The van der Waals surface area contributed by atoms with Crippen molar-refractivity contribution in [1.82, 2.24) is 0 Å². The second kappa shape index (κ2) is 25.3. The Morgan fingerprint density at radius 2 is 0.938 bits per heavy atom. The molecule has 9 N–H and O–H groups in total. The molecular formula is C37H58O11. The number of esters is 1. The zero-order valence-electron chi connectivity index (χ0n) is 28.1. The fourth-order valence-electron chi connectivity index (χ4n) is 5.05. The summed E-state index contributed by atoms with van der Waals surface area (Å²) >= 11 is 0. The summed E-state index contributed by atoms with van der Waals surface area (Å²) < 4.78 is 5.20. The molecule has 272 valence electrons. The zero-order valence-corrected chi connectivity index (χ0v) is 28.1. The van der Waals surface area contributed by atoms with Gasteiger partial charge in [-0.15, -0.1) is 0 Å². The molecule has 0 fully saturated rings. The average molecular weight is 679 g/mol. The number of cyclic esters (lactones) is 1. The van der Waals surface area contributed by atoms with E-state index in [-0.39, 0.29) is 63.9 Å². The van der Waals surface area contributed by atoms with Gasteiger partial charge in [-0.2, -0.15) is 0 Å². The van der Waals surface area contributed by atoms with Crippen molar-refractivity contribution in [3.63, 3.8) is 0 Å². The lowest BCUT2D eigenvalue weighted by Gasteiger charge is -2.26. The Hall–Kier alpha value is -2.71. The van der Waals surface area contributed by atoms with Crippen LogP contribution in [0.4, 0.5) is 0 Å². The van der Waals surface area contributed by atoms with Crippen molar-refractivity contribution < 1.29 is 55.5 Å². The molecule has 11 heteroatoms. The summed E-state index contributed by atoms with van der Waals surface area (Å²) in [5.41, 5.74) is 0. The normalized spacial score (nSPS) is 40.4. The van der Waals surface area contributed by atoms with Crippen LogP contribution in [0.5, 0.6) is 0 Å². The number of ether oxygens (including phenoxy) is 1. The Labute approximate surface area is 284 Å². The molecule has 0 aromatic carbocycles. The number of carbonyl (C=O) groups excluding carboxylic acids is 1. The summed E-state index contributed by atoms with van der Waals surface area (Å²) in [6.07, 6.45) is 13.7. The molecular weight excluding hydrogens is 620 g/mol. The molecule has 11 nitrogen and oxygen atoms in total. The van der Waals surface area contributed by atoms with Crippen LogP contribution in [-0.2, 0) is 9.53 Å². The molecule has 1 rings (SSSR count). The van der Waals surface area contributed by atoms with Gasteiger partial charge >= 0.3 is 5.97 Å². The minimum absolute atomic E-state index is 0.0627. The first-order valence-corrected chi connectivity index (χ1v) is 16.7. The summed E-state index contributed by atoms with van der Waals surface area (Å²) in [6, 6.07) is 0. The maximum atomic E-state index is 11.9. The number of hydrogen-bond acceptors (Lipinski definition) is 11. The van der Waals surface area contributed by atoms with Gasteiger partial charge in [0.15, 0.2) is 0 Å². The minimum Gasteiger partial charge on any atom is -0.462 e. The van der Waals surface area contributed by atoms with E-state index in [4.69, 9.17) is 4.74 Å². The van der Waals surface area contributed by atoms with Gasteiger partial charge in [0.1, 0.15) is 0 Å². The molecule has 0 amide bonds. The monoisotopic (exact) mass is 678 g/mol. The predicted molar refractivity (Wildman–Crippen MR) is 184 cm³/mol. The van der Waals surface area contributed by atoms with E-state index in [1.807, 2.05) is 24.3 Å². The molecule has 1 aliphatic heterocycles. The van der Waals surface area contributed by atoms with Gasteiger partial charge in [-0.05, 0) is 44.9 Å². The van der Waals surface area contributed by atoms with E-state index in [2.05, 4.69) is 0 Å². The molecule has 0 bridgehead atoms. The van der Waals surface area contributed by atoms with Gasteiger partial charge in [-0.1, -0.05) is 92.8 Å². The standard InChI is InChI=1S/C37H58O11/c1-26-16-17-28(38)18-29(39)19-30(40)20-31(41)21-32(42)22-33(43)23-34(44)24-36(46)27(2)35(45)14-12-10-8-6-4-3-5-7-9-11-13-15-37(47)48-25-26/h3-13,15-17,26-36,38-46H,14,18-25H2,1-2H3/b4-3+,7-5+,8-6+,11-9+,12-10+,15-13+,17-16-. The number of aliphatic hydroxyl groups excluding tert-OH is 9. The third kappa shape index (κ3) is 22.0. The maximum absolute atomic E-state index is 11.9. The van der Waals surface area contributed by atoms with Gasteiger partial charge in [-0.25, -0.2) is 4.79 Å². The van der Waals surface area contributed by atoms with Crippen LogP contribution in [-0.4, -0.2) is 113 Å². The van der Waals surface area contributed by atoms with Gasteiger partial charge in [-0.3, -0.25) is 0 Å². The van der Waals surface area contributed by atoms with Crippen LogP contribution in [0.2, 0.25) is 0 Å². The molecule has 0 aliphatic carbocycles. The summed E-state index contributed by atoms with van der Waals surface area (Å²) in [6.45, 7) is 3.56. The average Bonchev–Trinajstić information content (AvgIpc) is 2.99. The first-order valence-electron chi connectivity index (χ1n) is 16.7. The fourth-order valence-corrected chi connectivity index (χ4v) is 5.05. The number of aliphatic hydroxyl groups is 9. The van der Waals surface area contributed by atoms with E-state index in [0.717, 1.165) is 0 Å². The second-order valence-corrected chi connectivity index (χ2v) is 12.7. The van der Waals surface area contributed by atoms with Gasteiger partial charge in [0.05, 0.1) is 61.5 Å². The number of allylic oxidation sites excluding steroid dienone is 10. The fraction of sp³-hybridized carbons (Fsp3) is 0.595. The quantitative estimate of drug-likeness (QED) is 0.134. The van der Waals surface area contributed by atoms with Crippen molar-refractivity contribution in [1.29, 1.82) is 0 Å². The second-order valence-electron chi connectivity index (χ2n) is 12.7. The Morgan fingerprint density at radius 1 is 0.521 bits per heavy atom. The number of carbonyl (C=O) groups is 1. The zero-order chi connectivity index (χ0) is 35.9. The van der Waals surface area contributed by atoms with Crippen molar-refractivity contribution in [2.24, 2.45) is 11.8 Å². The van der Waals surface area contributed by atoms with Crippen LogP contribution in [0.1, 0.15) is 65.2 Å². The molecule has 1 aliphatic rings. The molecule has 48 heavy (non-hydrogen) atoms. The van der Waals surface area contributed by atoms with Crippen molar-refractivity contribution >= 4 is 5.97 Å². The SMILES string of the molecule is CC1/C=C\C(O)CC(O)CC(O)CC(O)CC(O)CC(O)CC(O)CC(O)C(C)C(O)C/C=C/C=C/C=C/C=C/C=C/C=C/C(=O)OC1. The Bertz CT molecular complexity index is 1080. The van der Waals surface area contributed by atoms with Gasteiger partial charge in [0.2, 0.25) is 0 Å². The molecule has 1 heterocycles. The number of rotatable bonds is 0. The summed E-state index contributed by atoms with van der Waals surface area (Å²) in [5.74, 6) is -1.26. The van der Waals surface area contributed by atoms with Crippen molar-refractivity contribution in [2.75, 3.05) is 6.61 Å². The summed E-state index contributed by atoms with van der Waals surface area (Å²) in [5, 5.41) is 93.2. The molecule has 0 saturated carbocycles. The highest BCUT2D eigenvalue weighted by Crippen LogP contribution is 2.20. The van der Waals surface area contributed by atoms with E-state index in [1.165, 1.54) is 12.2 Å². The minimum atomic E-state index is -1.13. The summed E-state index contributed by atoms with van der Waals surface area (Å²) in [4.78, 5) is 11.9. The molecule has 0 aromatic heterocycles. The Balaban J connectivity index is 2.84. The molecule has 0 aromatic rings. The van der Waals surface area contributed by atoms with Crippen molar-refractivity contribution in [3.05, 3.63) is 85.1 Å². The highest BCUT2D eigenvalue weighted by atomic mass is 16.5.